The molecule has 0 radical (unpaired) electrons. The molecule has 1 aromatic carbocycles. The van der Waals surface area contributed by atoms with E-state index < -0.39 is 0 Å². The van der Waals surface area contributed by atoms with Crippen molar-refractivity contribution in [3.63, 3.8) is 0 Å². The molecule has 0 unspecified atom stereocenters. The molecule has 2 aromatic rings. The highest BCUT2D eigenvalue weighted by molar-refractivity contribution is 7.09. The number of hydrogen-bond acceptors (Lipinski definition) is 4. The van der Waals surface area contributed by atoms with Crippen LogP contribution in [0.25, 0.3) is 0 Å². The molecule has 112 valence electrons. The number of amides is 1. The van der Waals surface area contributed by atoms with Gasteiger partial charge < -0.3 is 10.1 Å². The highest BCUT2D eigenvalue weighted by atomic mass is 32.1. The Bertz CT molecular complexity index is 608. The van der Waals surface area contributed by atoms with Crippen LogP contribution in [0.2, 0.25) is 0 Å². The first-order valence-electron chi connectivity index (χ1n) is 6.97. The van der Waals surface area contributed by atoms with Crippen molar-refractivity contribution in [3.05, 3.63) is 40.3 Å². The van der Waals surface area contributed by atoms with E-state index >= 15 is 0 Å². The Morgan fingerprint density at radius 2 is 2.14 bits per heavy atom. The number of rotatable bonds is 6. The van der Waals surface area contributed by atoms with Crippen LogP contribution < -0.4 is 10.1 Å². The minimum atomic E-state index is -0.0270. The van der Waals surface area contributed by atoms with Gasteiger partial charge in [-0.1, -0.05) is 26.0 Å². The average molecular weight is 304 g/mol. The van der Waals surface area contributed by atoms with E-state index in [4.69, 9.17) is 4.74 Å². The van der Waals surface area contributed by atoms with Crippen molar-refractivity contribution < 1.29 is 9.53 Å². The second-order valence-electron chi connectivity index (χ2n) is 5.07. The van der Waals surface area contributed by atoms with Gasteiger partial charge in [-0.05, 0) is 18.1 Å². The number of aromatic nitrogens is 1. The molecule has 5 heteroatoms. The molecular weight excluding hydrogens is 284 g/mol. The van der Waals surface area contributed by atoms with Crippen LogP contribution in [0.1, 0.15) is 36.9 Å². The van der Waals surface area contributed by atoms with Crippen LogP contribution in [-0.4, -0.2) is 18.0 Å². The van der Waals surface area contributed by atoms with Gasteiger partial charge in [0.2, 0.25) is 5.91 Å². The molecule has 0 spiro atoms. The molecule has 0 aliphatic carbocycles. The highest BCUT2D eigenvalue weighted by Gasteiger charge is 2.10. The SMILES string of the molecule is COc1ccccc1NC(=O)CCc1nc(C(C)C)cs1. The lowest BCUT2D eigenvalue weighted by atomic mass is 10.2. The van der Waals surface area contributed by atoms with Gasteiger partial charge in [-0.25, -0.2) is 4.98 Å². The lowest BCUT2D eigenvalue weighted by Crippen LogP contribution is -2.13. The molecule has 2 rings (SSSR count). The number of hydrogen-bond donors (Lipinski definition) is 1. The Labute approximate surface area is 129 Å². The quantitative estimate of drug-likeness (QED) is 0.882. The van der Waals surface area contributed by atoms with E-state index in [0.29, 0.717) is 30.2 Å². The zero-order chi connectivity index (χ0) is 15.2. The third-order valence-corrected chi connectivity index (χ3v) is 4.03. The van der Waals surface area contributed by atoms with Crippen LogP contribution in [0.3, 0.4) is 0 Å². The predicted octanol–water partition coefficient (Wildman–Crippen LogP) is 3.85. The summed E-state index contributed by atoms with van der Waals surface area (Å²) in [5.74, 6) is 1.07. The maximum atomic E-state index is 12.0. The van der Waals surface area contributed by atoms with Crippen LogP contribution in [0.5, 0.6) is 5.75 Å². The summed E-state index contributed by atoms with van der Waals surface area (Å²) in [5, 5.41) is 5.95. The number of benzene rings is 1. The number of anilines is 1. The topological polar surface area (TPSA) is 51.2 Å². The summed E-state index contributed by atoms with van der Waals surface area (Å²) < 4.78 is 5.21. The minimum absolute atomic E-state index is 0.0270. The molecule has 1 N–H and O–H groups in total. The Kier molecular flexibility index (Phi) is 5.33. The number of para-hydroxylation sites is 2. The fourth-order valence-corrected chi connectivity index (χ4v) is 2.85. The predicted molar refractivity (Wildman–Crippen MR) is 86.1 cm³/mol. The largest absolute Gasteiger partial charge is 0.495 e. The first kappa shape index (κ1) is 15.5. The molecule has 1 aromatic heterocycles. The minimum Gasteiger partial charge on any atom is -0.495 e. The number of nitrogens with one attached hydrogen (secondary N) is 1. The van der Waals surface area contributed by atoms with Crippen molar-refractivity contribution in [2.75, 3.05) is 12.4 Å². The summed E-state index contributed by atoms with van der Waals surface area (Å²) in [6.45, 7) is 4.24. The summed E-state index contributed by atoms with van der Waals surface area (Å²) in [7, 11) is 1.59. The number of carbonyl (C=O) groups excluding carboxylic acids is 1. The van der Waals surface area contributed by atoms with Crippen LogP contribution in [0.4, 0.5) is 5.69 Å². The van der Waals surface area contributed by atoms with Crippen molar-refractivity contribution in [3.8, 4) is 5.75 Å². The number of methoxy groups -OCH3 is 1. The van der Waals surface area contributed by atoms with Gasteiger partial charge in [-0.3, -0.25) is 4.79 Å². The third kappa shape index (κ3) is 4.29. The molecule has 0 saturated heterocycles. The normalized spacial score (nSPS) is 10.7. The van der Waals surface area contributed by atoms with Gasteiger partial charge in [0.15, 0.2) is 0 Å². The molecular formula is C16H20N2O2S. The summed E-state index contributed by atoms with van der Waals surface area (Å²) in [6, 6.07) is 7.40. The molecule has 0 atom stereocenters. The molecule has 0 fully saturated rings. The average Bonchev–Trinajstić information content (AvgIpc) is 2.95. The second kappa shape index (κ2) is 7.22. The molecule has 0 aliphatic rings. The maximum absolute atomic E-state index is 12.0. The van der Waals surface area contributed by atoms with Gasteiger partial charge in [0.05, 0.1) is 23.5 Å². The van der Waals surface area contributed by atoms with Crippen molar-refractivity contribution in [2.45, 2.75) is 32.6 Å². The van der Waals surface area contributed by atoms with E-state index in [1.54, 1.807) is 18.4 Å². The van der Waals surface area contributed by atoms with Gasteiger partial charge in [0.1, 0.15) is 5.75 Å². The van der Waals surface area contributed by atoms with Crippen molar-refractivity contribution in [1.82, 2.24) is 4.98 Å². The zero-order valence-corrected chi connectivity index (χ0v) is 13.4. The molecule has 0 bridgehead atoms. The fourth-order valence-electron chi connectivity index (χ4n) is 1.89. The van der Waals surface area contributed by atoms with Gasteiger partial charge in [0.25, 0.3) is 0 Å². The highest BCUT2D eigenvalue weighted by Crippen LogP contribution is 2.23. The van der Waals surface area contributed by atoms with Crippen molar-refractivity contribution in [1.29, 1.82) is 0 Å². The first-order chi connectivity index (χ1) is 10.1. The van der Waals surface area contributed by atoms with Gasteiger partial charge in [0, 0.05) is 18.2 Å². The number of aryl methyl sites for hydroxylation is 1. The standard InChI is InChI=1S/C16H20N2O2S/c1-11(2)13-10-21-16(18-13)9-8-15(19)17-12-6-4-5-7-14(12)20-3/h4-7,10-11H,8-9H2,1-3H3,(H,17,19). The van der Waals surface area contributed by atoms with E-state index in [1.807, 2.05) is 24.3 Å². The summed E-state index contributed by atoms with van der Waals surface area (Å²) in [4.78, 5) is 16.5. The van der Waals surface area contributed by atoms with Crippen molar-refractivity contribution in [2.24, 2.45) is 0 Å². The molecule has 0 aliphatic heterocycles. The Morgan fingerprint density at radius 3 is 2.81 bits per heavy atom. The van der Waals surface area contributed by atoms with Crippen LogP contribution >= 0.6 is 11.3 Å². The first-order valence-corrected chi connectivity index (χ1v) is 7.85. The van der Waals surface area contributed by atoms with E-state index in [0.717, 1.165) is 10.7 Å². The molecule has 4 nitrogen and oxygen atoms in total. The van der Waals surface area contributed by atoms with Gasteiger partial charge in [-0.15, -0.1) is 11.3 Å². The van der Waals surface area contributed by atoms with Crippen LogP contribution in [0.15, 0.2) is 29.6 Å². The fraction of sp³-hybridized carbons (Fsp3) is 0.375. The van der Waals surface area contributed by atoms with Crippen molar-refractivity contribution >= 4 is 22.9 Å². The van der Waals surface area contributed by atoms with E-state index in [-0.39, 0.29) is 5.91 Å². The van der Waals surface area contributed by atoms with E-state index in [2.05, 4.69) is 29.5 Å². The number of carbonyl (C=O) groups is 1. The smallest absolute Gasteiger partial charge is 0.224 e. The Hall–Kier alpha value is -1.88. The third-order valence-electron chi connectivity index (χ3n) is 3.11. The Morgan fingerprint density at radius 1 is 1.38 bits per heavy atom. The Balaban J connectivity index is 1.89. The molecule has 21 heavy (non-hydrogen) atoms. The van der Waals surface area contributed by atoms with E-state index in [9.17, 15) is 4.79 Å². The number of thiazole rings is 1. The maximum Gasteiger partial charge on any atom is 0.224 e. The number of ether oxygens (including phenoxy) is 1. The second-order valence-corrected chi connectivity index (χ2v) is 6.01. The summed E-state index contributed by atoms with van der Waals surface area (Å²) in [5.41, 5.74) is 1.80. The lowest BCUT2D eigenvalue weighted by Gasteiger charge is -2.09. The van der Waals surface area contributed by atoms with E-state index in [1.165, 1.54) is 0 Å². The zero-order valence-electron chi connectivity index (χ0n) is 12.6. The molecule has 1 amide bonds. The molecule has 1 heterocycles. The van der Waals surface area contributed by atoms with Crippen LogP contribution in [-0.2, 0) is 11.2 Å². The summed E-state index contributed by atoms with van der Waals surface area (Å²) in [6.07, 6.45) is 1.08. The van der Waals surface area contributed by atoms with Crippen LogP contribution in [0, 0.1) is 0 Å². The van der Waals surface area contributed by atoms with Gasteiger partial charge >= 0.3 is 0 Å². The molecule has 0 saturated carbocycles. The number of nitrogens with zero attached hydrogens (tertiary/aromatic N) is 1. The summed E-state index contributed by atoms with van der Waals surface area (Å²) >= 11 is 1.62. The van der Waals surface area contributed by atoms with Gasteiger partial charge in [-0.2, -0.15) is 0 Å². The lowest BCUT2D eigenvalue weighted by molar-refractivity contribution is -0.116. The monoisotopic (exact) mass is 304 g/mol.